The molecule has 2 aromatic rings. The molecule has 2 aromatic carbocycles. The molecule has 0 saturated heterocycles. The van der Waals surface area contributed by atoms with E-state index in [9.17, 15) is 4.79 Å². The molecule has 20 heavy (non-hydrogen) atoms. The minimum atomic E-state index is -0.305. The number of rotatable bonds is 3. The zero-order valence-electron chi connectivity index (χ0n) is 11.5. The lowest BCUT2D eigenvalue weighted by Crippen LogP contribution is -2.11. The summed E-state index contributed by atoms with van der Waals surface area (Å²) in [5.74, 6) is -0.305. The normalized spacial score (nSPS) is 11.2. The van der Waals surface area contributed by atoms with Crippen LogP contribution in [0.2, 0.25) is 0 Å². The zero-order valence-corrected chi connectivity index (χ0v) is 12.2. The minimum Gasteiger partial charge on any atom is -0.321 e. The van der Waals surface area contributed by atoms with Gasteiger partial charge in [0.25, 0.3) is 5.91 Å². The van der Waals surface area contributed by atoms with Gasteiger partial charge in [-0.05, 0) is 48.7 Å². The van der Waals surface area contributed by atoms with Crippen molar-refractivity contribution in [2.24, 2.45) is 0 Å². The second kappa shape index (κ2) is 6.40. The van der Waals surface area contributed by atoms with Gasteiger partial charge in [-0.15, -0.1) is 0 Å². The van der Waals surface area contributed by atoms with Gasteiger partial charge >= 0.3 is 0 Å². The van der Waals surface area contributed by atoms with Gasteiger partial charge in [0.2, 0.25) is 0 Å². The highest BCUT2D eigenvalue weighted by Gasteiger charge is 2.07. The van der Waals surface area contributed by atoms with Crippen molar-refractivity contribution in [1.29, 1.82) is 0 Å². The summed E-state index contributed by atoms with van der Waals surface area (Å²) in [6.07, 6.45) is 1.65. The highest BCUT2D eigenvalue weighted by Crippen LogP contribution is 2.17. The van der Waals surface area contributed by atoms with Crippen LogP contribution in [0.4, 0.5) is 5.69 Å². The van der Waals surface area contributed by atoms with E-state index in [1.807, 2.05) is 56.3 Å². The van der Waals surface area contributed by atoms with E-state index in [0.717, 1.165) is 22.4 Å². The van der Waals surface area contributed by atoms with Crippen LogP contribution in [0.3, 0.4) is 0 Å². The van der Waals surface area contributed by atoms with Crippen LogP contribution in [0, 0.1) is 13.8 Å². The monoisotopic (exact) mass is 285 g/mol. The highest BCUT2D eigenvalue weighted by molar-refractivity contribution is 6.45. The van der Waals surface area contributed by atoms with Gasteiger partial charge in [-0.2, -0.15) is 0 Å². The first kappa shape index (κ1) is 14.4. The number of carbonyl (C=O) groups excluding carboxylic acids is 1. The number of hydrogen-bond donors (Lipinski definition) is 1. The van der Waals surface area contributed by atoms with Crippen molar-refractivity contribution in [3.05, 3.63) is 70.3 Å². The maximum absolute atomic E-state index is 12.0. The predicted octanol–water partition coefficient (Wildman–Crippen LogP) is 4.52. The summed E-state index contributed by atoms with van der Waals surface area (Å²) < 4.78 is 0. The van der Waals surface area contributed by atoms with Crippen molar-refractivity contribution in [3.8, 4) is 0 Å². The Morgan fingerprint density at radius 1 is 1.05 bits per heavy atom. The van der Waals surface area contributed by atoms with Gasteiger partial charge in [-0.25, -0.2) is 0 Å². The maximum atomic E-state index is 12.0. The van der Waals surface area contributed by atoms with Gasteiger partial charge in [-0.1, -0.05) is 48.0 Å². The smallest absolute Gasteiger partial charge is 0.267 e. The zero-order chi connectivity index (χ0) is 14.5. The number of amides is 1. The van der Waals surface area contributed by atoms with E-state index in [1.165, 1.54) is 0 Å². The van der Waals surface area contributed by atoms with Gasteiger partial charge in [0, 0.05) is 5.69 Å². The Labute approximate surface area is 124 Å². The van der Waals surface area contributed by atoms with Crippen molar-refractivity contribution >= 4 is 29.3 Å². The van der Waals surface area contributed by atoms with Crippen LogP contribution >= 0.6 is 11.6 Å². The van der Waals surface area contributed by atoms with Crippen LogP contribution in [-0.2, 0) is 4.79 Å². The summed E-state index contributed by atoms with van der Waals surface area (Å²) in [6.45, 7) is 3.98. The maximum Gasteiger partial charge on any atom is 0.267 e. The molecule has 2 rings (SSSR count). The Morgan fingerprint density at radius 3 is 2.25 bits per heavy atom. The number of anilines is 1. The first-order chi connectivity index (χ1) is 9.54. The molecule has 2 nitrogen and oxygen atoms in total. The molecule has 0 heterocycles. The summed E-state index contributed by atoms with van der Waals surface area (Å²) in [6, 6.07) is 15.4. The quantitative estimate of drug-likeness (QED) is 0.825. The molecule has 0 aliphatic rings. The van der Waals surface area contributed by atoms with E-state index in [0.29, 0.717) is 0 Å². The molecule has 1 N–H and O–H groups in total. The Hall–Kier alpha value is -2.06. The summed E-state index contributed by atoms with van der Waals surface area (Å²) >= 11 is 6.04. The van der Waals surface area contributed by atoms with Crippen LogP contribution in [0.15, 0.2) is 53.6 Å². The van der Waals surface area contributed by atoms with E-state index in [2.05, 4.69) is 11.4 Å². The Morgan fingerprint density at radius 2 is 1.65 bits per heavy atom. The number of halogens is 1. The van der Waals surface area contributed by atoms with E-state index < -0.39 is 0 Å². The van der Waals surface area contributed by atoms with Gasteiger partial charge in [0.05, 0.1) is 0 Å². The van der Waals surface area contributed by atoms with Gasteiger partial charge in [-0.3, -0.25) is 4.79 Å². The summed E-state index contributed by atoms with van der Waals surface area (Å²) in [7, 11) is 0. The number of benzene rings is 2. The molecule has 3 heteroatoms. The number of carbonyl (C=O) groups is 1. The Balaban J connectivity index is 2.13. The SMILES string of the molecule is Cc1cc(C)cc(NC(=O)C(Cl)=Cc2ccccc2)c1. The third-order valence-corrected chi connectivity index (χ3v) is 3.07. The molecule has 102 valence electrons. The molecule has 0 aromatic heterocycles. The van der Waals surface area contributed by atoms with Gasteiger partial charge in [0.15, 0.2) is 0 Å². The molecule has 0 aliphatic heterocycles. The molecule has 0 atom stereocenters. The predicted molar refractivity (Wildman–Crippen MR) is 84.8 cm³/mol. The first-order valence-corrected chi connectivity index (χ1v) is 6.74. The van der Waals surface area contributed by atoms with Crippen LogP contribution in [0.1, 0.15) is 16.7 Å². The molecule has 0 fully saturated rings. The Kier molecular flexibility index (Phi) is 4.59. The molecule has 1 amide bonds. The second-order valence-electron chi connectivity index (χ2n) is 4.73. The fourth-order valence-corrected chi connectivity index (χ4v) is 2.17. The topological polar surface area (TPSA) is 29.1 Å². The third-order valence-electron chi connectivity index (χ3n) is 2.79. The lowest BCUT2D eigenvalue weighted by Gasteiger charge is -2.07. The van der Waals surface area contributed by atoms with Crippen molar-refractivity contribution < 1.29 is 4.79 Å². The lowest BCUT2D eigenvalue weighted by atomic mass is 10.1. The average molecular weight is 286 g/mol. The van der Waals surface area contributed by atoms with Crippen LogP contribution in [0.5, 0.6) is 0 Å². The van der Waals surface area contributed by atoms with Crippen LogP contribution in [-0.4, -0.2) is 5.91 Å². The molecule has 0 spiro atoms. The van der Waals surface area contributed by atoms with Crippen molar-refractivity contribution in [1.82, 2.24) is 0 Å². The van der Waals surface area contributed by atoms with Gasteiger partial charge in [0.1, 0.15) is 5.03 Å². The third kappa shape index (κ3) is 3.97. The molecular weight excluding hydrogens is 270 g/mol. The van der Waals surface area contributed by atoms with Crippen molar-refractivity contribution in [2.75, 3.05) is 5.32 Å². The fourth-order valence-electron chi connectivity index (χ4n) is 2.00. The molecule has 0 saturated carbocycles. The first-order valence-electron chi connectivity index (χ1n) is 6.36. The molecule has 0 aliphatic carbocycles. The molecule has 0 unspecified atom stereocenters. The van der Waals surface area contributed by atoms with Crippen molar-refractivity contribution in [2.45, 2.75) is 13.8 Å². The van der Waals surface area contributed by atoms with Crippen molar-refractivity contribution in [3.63, 3.8) is 0 Å². The van der Waals surface area contributed by atoms with E-state index in [-0.39, 0.29) is 10.9 Å². The standard InChI is InChI=1S/C17H16ClNO/c1-12-8-13(2)10-15(9-12)19-17(20)16(18)11-14-6-4-3-5-7-14/h3-11H,1-2H3,(H,19,20). The van der Waals surface area contributed by atoms with Gasteiger partial charge < -0.3 is 5.32 Å². The molecular formula is C17H16ClNO. The summed E-state index contributed by atoms with van der Waals surface area (Å²) in [5, 5.41) is 2.97. The van der Waals surface area contributed by atoms with E-state index in [4.69, 9.17) is 11.6 Å². The highest BCUT2D eigenvalue weighted by atomic mass is 35.5. The number of hydrogen-bond acceptors (Lipinski definition) is 1. The minimum absolute atomic E-state index is 0.162. The van der Waals surface area contributed by atoms with Crippen LogP contribution in [0.25, 0.3) is 6.08 Å². The largest absolute Gasteiger partial charge is 0.321 e. The van der Waals surface area contributed by atoms with E-state index >= 15 is 0 Å². The number of nitrogens with one attached hydrogen (secondary N) is 1. The lowest BCUT2D eigenvalue weighted by molar-refractivity contribution is -0.112. The second-order valence-corrected chi connectivity index (χ2v) is 5.14. The average Bonchev–Trinajstić information content (AvgIpc) is 2.38. The number of aryl methyl sites for hydroxylation is 2. The molecule has 0 bridgehead atoms. The summed E-state index contributed by atoms with van der Waals surface area (Å²) in [4.78, 5) is 12.0. The Bertz CT molecular complexity index is 627. The van der Waals surface area contributed by atoms with Crippen LogP contribution < -0.4 is 5.32 Å². The summed E-state index contributed by atoms with van der Waals surface area (Å²) in [5.41, 5.74) is 3.85. The molecule has 0 radical (unpaired) electrons. The fraction of sp³-hybridized carbons (Fsp3) is 0.118. The van der Waals surface area contributed by atoms with E-state index in [1.54, 1.807) is 6.08 Å².